The Kier molecular flexibility index (Phi) is 28.5. The van der Waals surface area contributed by atoms with Crippen LogP contribution in [0, 0.1) is 0 Å². The van der Waals surface area contributed by atoms with Crippen LogP contribution in [0.25, 0.3) is 0 Å². The van der Waals surface area contributed by atoms with Crippen molar-refractivity contribution in [1.29, 1.82) is 0 Å². The number of benzene rings is 2. The van der Waals surface area contributed by atoms with E-state index in [1.165, 1.54) is 95.5 Å². The molecule has 0 aliphatic rings. The third kappa shape index (κ3) is 27.5. The zero-order valence-electron chi connectivity index (χ0n) is 30.2. The first-order valence-corrected chi connectivity index (χ1v) is 21.7. The molecule has 2 atom stereocenters. The molecule has 2 aromatic rings. The van der Waals surface area contributed by atoms with E-state index in [4.69, 9.17) is 9.84 Å². The Labute approximate surface area is 298 Å². The van der Waals surface area contributed by atoms with E-state index in [2.05, 4.69) is 42.0 Å². The normalized spacial score (nSPS) is 12.6. The lowest BCUT2D eigenvalue weighted by atomic mass is 10.0. The van der Waals surface area contributed by atoms with E-state index in [0.717, 1.165) is 37.7 Å². The standard InChI is InChI=1S/C30H55NO3S.C9H11O4P/c1-2-3-4-5-6-13-16-22-27-35(33,34)31-30(28-32)26-21-15-12-10-8-7-9-11-14-18-23-29-24-19-17-20-25-29;10-9(14(11)12)7-13-6-8-4-2-1-3-5-8/h17,19-20,24-25,30-32H,2-16,18,21-23,26-28H2,1H3;1-5,9-10H,6-7H2. The zero-order chi connectivity index (χ0) is 35.8. The summed E-state index contributed by atoms with van der Waals surface area (Å²) in [5, 5.41) is 18.5. The van der Waals surface area contributed by atoms with E-state index in [1.54, 1.807) is 0 Å². The van der Waals surface area contributed by atoms with Gasteiger partial charge in [-0.3, -0.25) is 0 Å². The summed E-state index contributed by atoms with van der Waals surface area (Å²) in [4.78, 5) is 0. The highest BCUT2D eigenvalue weighted by atomic mass is 32.2. The maximum absolute atomic E-state index is 12.3. The fourth-order valence-corrected chi connectivity index (χ4v) is 7.25. The highest BCUT2D eigenvalue weighted by Gasteiger charge is 2.16. The third-order valence-corrected chi connectivity index (χ3v) is 10.7. The molecule has 2 rings (SSSR count). The second kappa shape index (κ2) is 30.9. The van der Waals surface area contributed by atoms with Crippen LogP contribution in [0.3, 0.4) is 0 Å². The van der Waals surface area contributed by atoms with Gasteiger partial charge in [0.15, 0.2) is 5.85 Å². The number of rotatable bonds is 30. The summed E-state index contributed by atoms with van der Waals surface area (Å²) in [5.41, 5.74) is 2.40. The molecule has 0 aliphatic carbocycles. The average Bonchev–Trinajstić information content (AvgIpc) is 3.10. The lowest BCUT2D eigenvalue weighted by Gasteiger charge is -2.16. The van der Waals surface area contributed by atoms with Crippen LogP contribution in [-0.4, -0.2) is 49.5 Å². The molecule has 8 nitrogen and oxygen atoms in total. The Morgan fingerprint density at radius 1 is 0.673 bits per heavy atom. The second-order valence-electron chi connectivity index (χ2n) is 13.1. The van der Waals surface area contributed by atoms with Gasteiger partial charge in [0.25, 0.3) is 0 Å². The molecule has 280 valence electrons. The number of aliphatic hydroxyl groups is 2. The maximum atomic E-state index is 12.3. The van der Waals surface area contributed by atoms with Gasteiger partial charge in [0, 0.05) is 6.04 Å². The van der Waals surface area contributed by atoms with Gasteiger partial charge in [-0.2, -0.15) is 0 Å². The lowest BCUT2D eigenvalue weighted by Crippen LogP contribution is -2.38. The van der Waals surface area contributed by atoms with Gasteiger partial charge in [0.1, 0.15) is 0 Å². The molecule has 0 bridgehead atoms. The fourth-order valence-electron chi connectivity index (χ4n) is 5.62. The monoisotopic (exact) mass is 723 g/mol. The van der Waals surface area contributed by atoms with Crippen LogP contribution in [0.2, 0.25) is 0 Å². The Morgan fingerprint density at radius 2 is 1.14 bits per heavy atom. The molecule has 0 spiro atoms. The number of ether oxygens (including phenoxy) is 1. The molecule has 49 heavy (non-hydrogen) atoms. The molecule has 0 fully saturated rings. The first kappa shape index (κ1) is 45.2. The van der Waals surface area contributed by atoms with E-state index < -0.39 is 23.5 Å². The van der Waals surface area contributed by atoms with Gasteiger partial charge in [-0.05, 0) is 36.8 Å². The minimum Gasteiger partial charge on any atom is -0.395 e. The summed E-state index contributed by atoms with van der Waals surface area (Å²) < 4.78 is 52.9. The van der Waals surface area contributed by atoms with Crippen LogP contribution in [0.1, 0.15) is 140 Å². The van der Waals surface area contributed by atoms with Crippen molar-refractivity contribution in [3.63, 3.8) is 0 Å². The molecule has 0 aromatic heterocycles. The van der Waals surface area contributed by atoms with Crippen molar-refractivity contribution in [2.75, 3.05) is 19.0 Å². The Balaban J connectivity index is 0.000000710. The van der Waals surface area contributed by atoms with Crippen molar-refractivity contribution >= 4 is 17.7 Å². The van der Waals surface area contributed by atoms with Crippen molar-refractivity contribution in [1.82, 2.24) is 4.72 Å². The Morgan fingerprint density at radius 3 is 1.65 bits per heavy atom. The van der Waals surface area contributed by atoms with Crippen molar-refractivity contribution in [3.8, 4) is 0 Å². The number of aliphatic hydroxyl groups excluding tert-OH is 2. The molecule has 0 saturated heterocycles. The van der Waals surface area contributed by atoms with Crippen molar-refractivity contribution in [2.24, 2.45) is 0 Å². The predicted molar refractivity (Wildman–Crippen MR) is 202 cm³/mol. The van der Waals surface area contributed by atoms with Crippen LogP contribution >= 0.6 is 7.68 Å². The van der Waals surface area contributed by atoms with Crippen molar-refractivity contribution in [3.05, 3.63) is 71.8 Å². The highest BCUT2D eigenvalue weighted by molar-refractivity contribution is 7.89. The smallest absolute Gasteiger partial charge is 0.347 e. The maximum Gasteiger partial charge on any atom is 0.347 e. The zero-order valence-corrected chi connectivity index (χ0v) is 31.9. The molecule has 0 heterocycles. The van der Waals surface area contributed by atoms with Gasteiger partial charge in [0.2, 0.25) is 10.0 Å². The number of aryl methyl sites for hydroxylation is 1. The molecule has 0 radical (unpaired) electrons. The summed E-state index contributed by atoms with van der Waals surface area (Å²) >= 11 is 0. The summed E-state index contributed by atoms with van der Waals surface area (Å²) in [7, 11) is -6.10. The Bertz CT molecular complexity index is 1190. The molecule has 2 unspecified atom stereocenters. The molecule has 10 heteroatoms. The molecular formula is C39H66NO7PS. The number of hydrogen-bond donors (Lipinski definition) is 3. The van der Waals surface area contributed by atoms with Crippen LogP contribution < -0.4 is 4.72 Å². The average molecular weight is 724 g/mol. The topological polar surface area (TPSA) is 130 Å². The van der Waals surface area contributed by atoms with Gasteiger partial charge < -0.3 is 14.9 Å². The molecule has 0 aliphatic heterocycles. The van der Waals surface area contributed by atoms with Gasteiger partial charge >= 0.3 is 7.68 Å². The van der Waals surface area contributed by atoms with Crippen molar-refractivity contribution < 1.29 is 32.5 Å². The minimum absolute atomic E-state index is 0.110. The summed E-state index contributed by atoms with van der Waals surface area (Å²) in [6.45, 7) is 2.23. The highest BCUT2D eigenvalue weighted by Crippen LogP contribution is 2.15. The number of unbranched alkanes of at least 4 members (excludes halogenated alkanes) is 16. The predicted octanol–water partition coefficient (Wildman–Crippen LogP) is 9.64. The lowest BCUT2D eigenvalue weighted by molar-refractivity contribution is 0.0626. The second-order valence-corrected chi connectivity index (χ2v) is 16.2. The fraction of sp³-hybridized carbons (Fsp3) is 0.692. The van der Waals surface area contributed by atoms with E-state index in [9.17, 15) is 22.7 Å². The minimum atomic E-state index is -3.28. The number of nitrogens with one attached hydrogen (secondary N) is 1. The Hall–Kier alpha value is -1.87. The van der Waals surface area contributed by atoms with E-state index in [-0.39, 0.29) is 25.0 Å². The van der Waals surface area contributed by atoms with Crippen molar-refractivity contribution in [2.45, 2.75) is 154 Å². The van der Waals surface area contributed by atoms with E-state index in [1.807, 2.05) is 30.3 Å². The third-order valence-electron chi connectivity index (χ3n) is 8.57. The van der Waals surface area contributed by atoms with Crippen LogP contribution in [0.4, 0.5) is 0 Å². The van der Waals surface area contributed by atoms with Crippen LogP contribution in [0.15, 0.2) is 60.7 Å². The van der Waals surface area contributed by atoms with E-state index in [0.29, 0.717) is 13.0 Å². The summed E-state index contributed by atoms with van der Waals surface area (Å²) in [5.74, 6) is -1.22. The van der Waals surface area contributed by atoms with Gasteiger partial charge in [-0.15, -0.1) is 0 Å². The van der Waals surface area contributed by atoms with E-state index >= 15 is 0 Å². The SMILES string of the molecule is CCCCCCCCCCS(=O)(=O)NC(CO)CCCCCCCCCCCCc1ccccc1.O=P(=O)C(O)COCc1ccccc1. The molecule has 3 N–H and O–H groups in total. The summed E-state index contributed by atoms with van der Waals surface area (Å²) in [6.07, 6.45) is 23.5. The largest absolute Gasteiger partial charge is 0.395 e. The van der Waals surface area contributed by atoms with Crippen LogP contribution in [0.5, 0.6) is 0 Å². The first-order valence-electron chi connectivity index (χ1n) is 18.9. The van der Waals surface area contributed by atoms with Gasteiger partial charge in [-0.1, -0.05) is 170 Å². The quantitative estimate of drug-likeness (QED) is 0.0541. The first-order chi connectivity index (χ1) is 23.8. The number of hydrogen-bond acceptors (Lipinski definition) is 7. The molecule has 2 aromatic carbocycles. The molecule has 0 saturated carbocycles. The van der Waals surface area contributed by atoms with Gasteiger partial charge in [-0.25, -0.2) is 22.3 Å². The molecule has 0 amide bonds. The molecular weight excluding hydrogens is 657 g/mol. The van der Waals surface area contributed by atoms with Gasteiger partial charge in [0.05, 0.1) is 25.6 Å². The number of sulfonamides is 1. The summed E-state index contributed by atoms with van der Waals surface area (Å²) in [6, 6.07) is 19.8. The van der Waals surface area contributed by atoms with Crippen LogP contribution in [-0.2, 0) is 36.9 Å².